The van der Waals surface area contributed by atoms with Crippen LogP contribution in [0.3, 0.4) is 0 Å². The lowest BCUT2D eigenvalue weighted by atomic mass is 9.93. The normalized spacial score (nSPS) is 21.1. The first-order chi connectivity index (χ1) is 12.5. The molecule has 1 amide bonds. The molecule has 2 aromatic heterocycles. The third kappa shape index (κ3) is 3.99. The van der Waals surface area contributed by atoms with Gasteiger partial charge in [0.1, 0.15) is 0 Å². The first-order valence-electron chi connectivity index (χ1n) is 9.35. The molecule has 3 heterocycles. The Morgan fingerprint density at radius 2 is 1.93 bits per heavy atom. The first-order valence-corrected chi connectivity index (χ1v) is 9.35. The van der Waals surface area contributed by atoms with E-state index < -0.39 is 0 Å². The molecule has 3 rings (SSSR count). The third-order valence-electron chi connectivity index (χ3n) is 4.80. The fourth-order valence-electron chi connectivity index (χ4n) is 3.61. The zero-order valence-corrected chi connectivity index (χ0v) is 17.3. The van der Waals surface area contributed by atoms with E-state index in [1.807, 2.05) is 45.1 Å². The van der Waals surface area contributed by atoms with Crippen LogP contribution in [0.15, 0.2) is 16.8 Å². The summed E-state index contributed by atoms with van der Waals surface area (Å²) in [4.78, 5) is 14.8. The number of nitrogens with zero attached hydrogens (tertiary/aromatic N) is 5. The van der Waals surface area contributed by atoms with E-state index in [0.29, 0.717) is 24.9 Å². The monoisotopic (exact) mass is 374 g/mol. The van der Waals surface area contributed by atoms with Crippen LogP contribution in [0.2, 0.25) is 0 Å². The molecule has 0 radical (unpaired) electrons. The van der Waals surface area contributed by atoms with E-state index in [1.165, 1.54) is 0 Å². The highest BCUT2D eigenvalue weighted by atomic mass is 16.4. The van der Waals surface area contributed by atoms with E-state index in [9.17, 15) is 4.79 Å². The zero-order chi connectivity index (χ0) is 20.0. The van der Waals surface area contributed by atoms with Crippen molar-refractivity contribution >= 4 is 11.9 Å². The number of nitrogens with one attached hydrogen (secondary N) is 1. The van der Waals surface area contributed by atoms with Crippen molar-refractivity contribution < 1.29 is 9.21 Å². The summed E-state index contributed by atoms with van der Waals surface area (Å²) in [5, 5.41) is 15.7. The molecule has 1 aliphatic heterocycles. The summed E-state index contributed by atoms with van der Waals surface area (Å²) in [6.45, 7) is 12.9. The zero-order valence-electron chi connectivity index (χ0n) is 17.3. The fourth-order valence-corrected chi connectivity index (χ4v) is 3.61. The summed E-state index contributed by atoms with van der Waals surface area (Å²) in [6, 6.07) is 0.357. The van der Waals surface area contributed by atoms with Gasteiger partial charge in [0.15, 0.2) is 0 Å². The predicted molar refractivity (Wildman–Crippen MR) is 102 cm³/mol. The minimum absolute atomic E-state index is 0.0382. The molecule has 0 aromatic carbocycles. The quantitative estimate of drug-likeness (QED) is 0.885. The van der Waals surface area contributed by atoms with Gasteiger partial charge in [-0.15, -0.1) is 5.10 Å². The van der Waals surface area contributed by atoms with Gasteiger partial charge >= 0.3 is 6.01 Å². The molecule has 148 valence electrons. The molecular formula is C19H30N6O2. The number of aryl methyl sites for hydroxylation is 1. The van der Waals surface area contributed by atoms with Gasteiger partial charge in [0.25, 0.3) is 0 Å². The van der Waals surface area contributed by atoms with Crippen LogP contribution in [0.4, 0.5) is 6.01 Å². The van der Waals surface area contributed by atoms with Gasteiger partial charge in [0.2, 0.25) is 11.8 Å². The van der Waals surface area contributed by atoms with Crippen molar-refractivity contribution in [3.05, 3.63) is 23.8 Å². The van der Waals surface area contributed by atoms with Crippen LogP contribution in [0.25, 0.3) is 0 Å². The number of hydrogen-bond donors (Lipinski definition) is 1. The van der Waals surface area contributed by atoms with Crippen molar-refractivity contribution in [3.8, 4) is 0 Å². The lowest BCUT2D eigenvalue weighted by Gasteiger charge is -2.38. The van der Waals surface area contributed by atoms with Crippen molar-refractivity contribution in [1.29, 1.82) is 0 Å². The van der Waals surface area contributed by atoms with Crippen LogP contribution < -0.4 is 5.32 Å². The van der Waals surface area contributed by atoms with E-state index in [-0.39, 0.29) is 28.8 Å². The Kier molecular flexibility index (Phi) is 4.78. The largest absolute Gasteiger partial charge is 0.408 e. The Balaban J connectivity index is 1.81. The SMILES string of the molecule is Cn1cc([C@@H]2[C@@H](CNc3nnc(C(C)(C)C)o3)CC(=O)N2C(C)(C)C)cn1. The number of carbonyl (C=O) groups is 1. The molecule has 1 saturated heterocycles. The van der Waals surface area contributed by atoms with Crippen LogP contribution in [0.5, 0.6) is 0 Å². The summed E-state index contributed by atoms with van der Waals surface area (Å²) in [6.07, 6.45) is 4.31. The molecule has 0 bridgehead atoms. The van der Waals surface area contributed by atoms with Gasteiger partial charge in [-0.25, -0.2) is 0 Å². The highest BCUT2D eigenvalue weighted by molar-refractivity contribution is 5.80. The average molecular weight is 374 g/mol. The molecule has 1 aliphatic rings. The van der Waals surface area contributed by atoms with E-state index in [1.54, 1.807) is 4.68 Å². The van der Waals surface area contributed by atoms with Gasteiger partial charge in [-0.1, -0.05) is 25.9 Å². The molecule has 8 nitrogen and oxygen atoms in total. The van der Waals surface area contributed by atoms with Crippen molar-refractivity contribution in [2.75, 3.05) is 11.9 Å². The number of rotatable bonds is 4. The van der Waals surface area contributed by atoms with Crippen molar-refractivity contribution in [1.82, 2.24) is 24.9 Å². The Morgan fingerprint density at radius 1 is 1.22 bits per heavy atom. The van der Waals surface area contributed by atoms with Crippen molar-refractivity contribution in [2.24, 2.45) is 13.0 Å². The van der Waals surface area contributed by atoms with E-state index in [2.05, 4.69) is 41.4 Å². The lowest BCUT2D eigenvalue weighted by Crippen LogP contribution is -2.44. The molecule has 0 aliphatic carbocycles. The Morgan fingerprint density at radius 3 is 2.44 bits per heavy atom. The second kappa shape index (κ2) is 6.65. The molecular weight excluding hydrogens is 344 g/mol. The number of carbonyl (C=O) groups excluding carboxylic acids is 1. The van der Waals surface area contributed by atoms with Crippen LogP contribution >= 0.6 is 0 Å². The molecule has 8 heteroatoms. The Bertz CT molecular complexity index is 811. The van der Waals surface area contributed by atoms with Gasteiger partial charge in [0, 0.05) is 48.6 Å². The Hall–Kier alpha value is -2.38. The van der Waals surface area contributed by atoms with E-state index in [0.717, 1.165) is 5.56 Å². The lowest BCUT2D eigenvalue weighted by molar-refractivity contribution is -0.133. The molecule has 0 spiro atoms. The number of aromatic nitrogens is 4. The third-order valence-corrected chi connectivity index (χ3v) is 4.80. The van der Waals surface area contributed by atoms with Gasteiger partial charge < -0.3 is 14.6 Å². The summed E-state index contributed by atoms with van der Waals surface area (Å²) in [5.74, 6) is 0.836. The summed E-state index contributed by atoms with van der Waals surface area (Å²) in [5.41, 5.74) is 0.583. The minimum Gasteiger partial charge on any atom is -0.408 e. The van der Waals surface area contributed by atoms with Crippen LogP contribution in [-0.2, 0) is 17.3 Å². The number of hydrogen-bond acceptors (Lipinski definition) is 6. The molecule has 2 aromatic rings. The smallest absolute Gasteiger partial charge is 0.315 e. The van der Waals surface area contributed by atoms with Crippen LogP contribution in [0.1, 0.15) is 65.5 Å². The molecule has 27 heavy (non-hydrogen) atoms. The number of amides is 1. The standard InChI is InChI=1S/C19H30N6O2/c1-18(2,3)16-22-23-17(27-16)20-9-12-8-14(26)25(19(4,5)6)15(12)13-10-21-24(7)11-13/h10-12,15H,8-9H2,1-7H3,(H,20,23)/t12-,15+/m1/s1. The summed E-state index contributed by atoms with van der Waals surface area (Å²) in [7, 11) is 1.89. The highest BCUT2D eigenvalue weighted by Gasteiger charge is 2.45. The van der Waals surface area contributed by atoms with Gasteiger partial charge in [-0.3, -0.25) is 9.48 Å². The second-order valence-electron chi connectivity index (χ2n) is 9.33. The fraction of sp³-hybridized carbons (Fsp3) is 0.684. The Labute approximate surface area is 160 Å². The molecule has 0 unspecified atom stereocenters. The van der Waals surface area contributed by atoms with E-state index >= 15 is 0 Å². The summed E-state index contributed by atoms with van der Waals surface area (Å²) < 4.78 is 7.50. The van der Waals surface area contributed by atoms with Crippen molar-refractivity contribution in [3.63, 3.8) is 0 Å². The molecule has 1 N–H and O–H groups in total. The maximum absolute atomic E-state index is 12.8. The maximum Gasteiger partial charge on any atom is 0.315 e. The average Bonchev–Trinajstić information content (AvgIpc) is 3.21. The number of likely N-dealkylation sites (tertiary alicyclic amines) is 1. The second-order valence-corrected chi connectivity index (χ2v) is 9.33. The molecule has 0 saturated carbocycles. The van der Waals surface area contributed by atoms with Gasteiger partial charge in [-0.2, -0.15) is 5.10 Å². The first kappa shape index (κ1) is 19.4. The summed E-state index contributed by atoms with van der Waals surface area (Å²) >= 11 is 0. The number of anilines is 1. The van der Waals surface area contributed by atoms with Crippen molar-refractivity contribution in [2.45, 2.75) is 65.0 Å². The molecule has 1 fully saturated rings. The topological polar surface area (TPSA) is 89.1 Å². The predicted octanol–water partition coefficient (Wildman–Crippen LogP) is 2.90. The highest BCUT2D eigenvalue weighted by Crippen LogP contribution is 2.42. The molecule has 2 atom stereocenters. The van der Waals surface area contributed by atoms with Gasteiger partial charge in [-0.05, 0) is 20.8 Å². The maximum atomic E-state index is 12.8. The van der Waals surface area contributed by atoms with Crippen LogP contribution in [-0.4, -0.2) is 42.9 Å². The van der Waals surface area contributed by atoms with Gasteiger partial charge in [0.05, 0.1) is 12.2 Å². The van der Waals surface area contributed by atoms with Crippen LogP contribution in [0, 0.1) is 5.92 Å². The minimum atomic E-state index is -0.268. The van der Waals surface area contributed by atoms with E-state index in [4.69, 9.17) is 4.42 Å².